The highest BCUT2D eigenvalue weighted by atomic mass is 19.1. The maximum Gasteiger partial charge on any atom is 0.123 e. The fourth-order valence-electron chi connectivity index (χ4n) is 2.29. The highest BCUT2D eigenvalue weighted by molar-refractivity contribution is 6.01. The van der Waals surface area contributed by atoms with Crippen LogP contribution in [0.25, 0.3) is 0 Å². The summed E-state index contributed by atoms with van der Waals surface area (Å²) >= 11 is 0. The lowest BCUT2D eigenvalue weighted by Crippen LogP contribution is -2.09. The van der Waals surface area contributed by atoms with Crippen molar-refractivity contribution in [2.75, 3.05) is 7.11 Å². The van der Waals surface area contributed by atoms with Gasteiger partial charge in [0, 0.05) is 6.42 Å². The Hall–Kier alpha value is -2.36. The maximum absolute atomic E-state index is 12.9. The van der Waals surface area contributed by atoms with Gasteiger partial charge in [0.1, 0.15) is 11.6 Å². The molecule has 2 aromatic carbocycles. The Balaban J connectivity index is 1.73. The Morgan fingerprint density at radius 2 is 1.80 bits per heavy atom. The molecule has 1 unspecified atom stereocenters. The molecular formula is C16H15FN2O. The average Bonchev–Trinajstić information content (AvgIpc) is 2.98. The van der Waals surface area contributed by atoms with Crippen molar-refractivity contribution in [1.29, 1.82) is 0 Å². The van der Waals surface area contributed by atoms with Crippen molar-refractivity contribution in [1.82, 2.24) is 5.43 Å². The fourth-order valence-corrected chi connectivity index (χ4v) is 2.29. The van der Waals surface area contributed by atoms with Gasteiger partial charge in [-0.25, -0.2) is 4.39 Å². The number of benzene rings is 2. The molecule has 0 aliphatic carbocycles. The minimum absolute atomic E-state index is 0.104. The van der Waals surface area contributed by atoms with E-state index in [1.165, 1.54) is 12.1 Å². The molecule has 3 nitrogen and oxygen atoms in total. The summed E-state index contributed by atoms with van der Waals surface area (Å²) in [6, 6.07) is 14.5. The number of rotatable bonds is 3. The zero-order chi connectivity index (χ0) is 13.9. The third-order valence-corrected chi connectivity index (χ3v) is 3.45. The van der Waals surface area contributed by atoms with Crippen LogP contribution in [0.1, 0.15) is 23.6 Å². The van der Waals surface area contributed by atoms with E-state index in [-0.39, 0.29) is 11.9 Å². The fraction of sp³-hybridized carbons (Fsp3) is 0.188. The quantitative estimate of drug-likeness (QED) is 0.928. The number of halogens is 1. The van der Waals surface area contributed by atoms with Crippen LogP contribution in [0.15, 0.2) is 53.6 Å². The minimum atomic E-state index is -0.219. The SMILES string of the molecule is COc1ccc(C2=NNC(c3ccc(F)cc3)C2)cc1. The van der Waals surface area contributed by atoms with Crippen LogP contribution in [0.4, 0.5) is 4.39 Å². The first-order chi connectivity index (χ1) is 9.76. The standard InChI is InChI=1S/C16H15FN2O/c1-20-14-8-4-12(5-9-14)16-10-15(18-19-16)11-2-6-13(17)7-3-11/h2-9,15,18H,10H2,1H3. The number of hydrogen-bond acceptors (Lipinski definition) is 3. The highest BCUT2D eigenvalue weighted by Gasteiger charge is 2.21. The summed E-state index contributed by atoms with van der Waals surface area (Å²) in [7, 11) is 1.65. The molecule has 3 rings (SSSR count). The van der Waals surface area contributed by atoms with Crippen molar-refractivity contribution in [2.45, 2.75) is 12.5 Å². The molecule has 0 fully saturated rings. The van der Waals surface area contributed by atoms with Crippen LogP contribution in [0.2, 0.25) is 0 Å². The second-order valence-electron chi connectivity index (χ2n) is 4.72. The van der Waals surface area contributed by atoms with E-state index >= 15 is 0 Å². The number of hydrogen-bond donors (Lipinski definition) is 1. The number of nitrogens with zero attached hydrogens (tertiary/aromatic N) is 1. The maximum atomic E-state index is 12.9. The molecule has 20 heavy (non-hydrogen) atoms. The van der Waals surface area contributed by atoms with Gasteiger partial charge < -0.3 is 10.2 Å². The number of ether oxygens (including phenoxy) is 1. The Kier molecular flexibility index (Phi) is 3.37. The normalized spacial score (nSPS) is 17.5. The minimum Gasteiger partial charge on any atom is -0.497 e. The van der Waals surface area contributed by atoms with Crippen LogP contribution in [0.5, 0.6) is 5.75 Å². The van der Waals surface area contributed by atoms with Crippen LogP contribution in [-0.4, -0.2) is 12.8 Å². The summed E-state index contributed by atoms with van der Waals surface area (Å²) in [5.41, 5.74) is 6.22. The lowest BCUT2D eigenvalue weighted by atomic mass is 9.99. The van der Waals surface area contributed by atoms with Gasteiger partial charge in [0.15, 0.2) is 0 Å². The van der Waals surface area contributed by atoms with Crippen molar-refractivity contribution >= 4 is 5.71 Å². The molecule has 1 atom stereocenters. The summed E-state index contributed by atoms with van der Waals surface area (Å²) < 4.78 is 18.1. The van der Waals surface area contributed by atoms with Crippen molar-refractivity contribution in [3.63, 3.8) is 0 Å². The second-order valence-corrected chi connectivity index (χ2v) is 4.72. The van der Waals surface area contributed by atoms with Gasteiger partial charge in [-0.3, -0.25) is 0 Å². The van der Waals surface area contributed by atoms with Crippen LogP contribution in [0, 0.1) is 5.82 Å². The summed E-state index contributed by atoms with van der Waals surface area (Å²) in [5.74, 6) is 0.610. The topological polar surface area (TPSA) is 33.6 Å². The Bertz CT molecular complexity index is 620. The van der Waals surface area contributed by atoms with Gasteiger partial charge in [0.05, 0.1) is 18.9 Å². The molecular weight excluding hydrogens is 255 g/mol. The molecule has 0 amide bonds. The third kappa shape index (κ3) is 2.50. The zero-order valence-corrected chi connectivity index (χ0v) is 11.1. The molecule has 1 aliphatic rings. The first kappa shape index (κ1) is 12.7. The van der Waals surface area contributed by atoms with Crippen molar-refractivity contribution in [3.05, 3.63) is 65.5 Å². The van der Waals surface area contributed by atoms with Crippen molar-refractivity contribution in [2.24, 2.45) is 5.10 Å². The summed E-state index contributed by atoms with van der Waals surface area (Å²) in [6.07, 6.45) is 0.790. The molecule has 1 N–H and O–H groups in total. The van der Waals surface area contributed by atoms with E-state index < -0.39 is 0 Å². The Morgan fingerprint density at radius 1 is 1.10 bits per heavy atom. The number of nitrogens with one attached hydrogen (secondary N) is 1. The Labute approximate surface area is 117 Å². The lowest BCUT2D eigenvalue weighted by Gasteiger charge is -2.09. The summed E-state index contributed by atoms with van der Waals surface area (Å²) in [6.45, 7) is 0. The lowest BCUT2D eigenvalue weighted by molar-refractivity contribution is 0.415. The Morgan fingerprint density at radius 3 is 2.45 bits per heavy atom. The molecule has 0 spiro atoms. The highest BCUT2D eigenvalue weighted by Crippen LogP contribution is 2.25. The van der Waals surface area contributed by atoms with Crippen LogP contribution < -0.4 is 10.2 Å². The van der Waals surface area contributed by atoms with E-state index in [1.807, 2.05) is 24.3 Å². The molecule has 0 saturated heterocycles. The smallest absolute Gasteiger partial charge is 0.123 e. The largest absolute Gasteiger partial charge is 0.497 e. The monoisotopic (exact) mass is 270 g/mol. The first-order valence-electron chi connectivity index (χ1n) is 6.48. The summed E-state index contributed by atoms with van der Waals surface area (Å²) in [5, 5.41) is 4.37. The number of hydrazone groups is 1. The molecule has 0 bridgehead atoms. The van der Waals surface area contributed by atoms with Gasteiger partial charge in [0.2, 0.25) is 0 Å². The first-order valence-corrected chi connectivity index (χ1v) is 6.48. The molecule has 0 aromatic heterocycles. The van der Waals surface area contributed by atoms with Crippen molar-refractivity contribution in [3.8, 4) is 5.75 Å². The molecule has 2 aromatic rings. The molecule has 1 heterocycles. The van der Waals surface area contributed by atoms with Gasteiger partial charge in [-0.1, -0.05) is 12.1 Å². The predicted octanol–water partition coefficient (Wildman–Crippen LogP) is 3.27. The molecule has 0 saturated carbocycles. The van der Waals surface area contributed by atoms with Crippen LogP contribution in [0.3, 0.4) is 0 Å². The zero-order valence-electron chi connectivity index (χ0n) is 11.1. The van der Waals surface area contributed by atoms with E-state index in [0.29, 0.717) is 0 Å². The van der Waals surface area contributed by atoms with Gasteiger partial charge >= 0.3 is 0 Å². The molecule has 4 heteroatoms. The van der Waals surface area contributed by atoms with Gasteiger partial charge in [0.25, 0.3) is 0 Å². The van der Waals surface area contributed by atoms with E-state index in [4.69, 9.17) is 4.74 Å². The van der Waals surface area contributed by atoms with Gasteiger partial charge in [-0.2, -0.15) is 5.10 Å². The third-order valence-electron chi connectivity index (χ3n) is 3.45. The van der Waals surface area contributed by atoms with E-state index in [0.717, 1.165) is 29.0 Å². The van der Waals surface area contributed by atoms with E-state index in [1.54, 1.807) is 19.2 Å². The number of methoxy groups -OCH3 is 1. The predicted molar refractivity (Wildman–Crippen MR) is 76.4 cm³/mol. The second kappa shape index (κ2) is 5.33. The van der Waals surface area contributed by atoms with E-state index in [2.05, 4.69) is 10.5 Å². The average molecular weight is 270 g/mol. The van der Waals surface area contributed by atoms with E-state index in [9.17, 15) is 4.39 Å². The molecule has 1 aliphatic heterocycles. The van der Waals surface area contributed by atoms with Crippen molar-refractivity contribution < 1.29 is 9.13 Å². The van der Waals surface area contributed by atoms with Gasteiger partial charge in [-0.05, 0) is 47.5 Å². The molecule has 102 valence electrons. The van der Waals surface area contributed by atoms with Crippen LogP contribution in [-0.2, 0) is 0 Å². The van der Waals surface area contributed by atoms with Gasteiger partial charge in [-0.15, -0.1) is 0 Å². The molecule has 0 radical (unpaired) electrons. The summed E-state index contributed by atoms with van der Waals surface area (Å²) in [4.78, 5) is 0. The van der Waals surface area contributed by atoms with Crippen LogP contribution >= 0.6 is 0 Å².